The Hall–Kier alpha value is -0.940. The van der Waals surface area contributed by atoms with Crippen molar-refractivity contribution in [2.24, 2.45) is 0 Å². The molecule has 5 heteroatoms. The van der Waals surface area contributed by atoms with E-state index in [0.29, 0.717) is 18.3 Å². The Morgan fingerprint density at radius 1 is 1.50 bits per heavy atom. The van der Waals surface area contributed by atoms with Crippen LogP contribution in [0.1, 0.15) is 51.2 Å². The highest BCUT2D eigenvalue weighted by molar-refractivity contribution is 5.04. The molecule has 1 aliphatic rings. The lowest BCUT2D eigenvalue weighted by Gasteiger charge is -2.27. The van der Waals surface area contributed by atoms with Crippen LogP contribution in [-0.4, -0.2) is 28.0 Å². The first-order valence-electron chi connectivity index (χ1n) is 5.69. The van der Waals surface area contributed by atoms with Crippen LogP contribution in [0.25, 0.3) is 0 Å². The number of hydrogen-bond donors (Lipinski definition) is 1. The predicted molar refractivity (Wildman–Crippen MR) is 56.9 cm³/mol. The van der Waals surface area contributed by atoms with Gasteiger partial charge < -0.3 is 14.4 Å². The van der Waals surface area contributed by atoms with E-state index in [4.69, 9.17) is 9.26 Å². The number of aromatic nitrogens is 2. The zero-order valence-electron chi connectivity index (χ0n) is 9.93. The number of ether oxygens (including phenoxy) is 1. The summed E-state index contributed by atoms with van der Waals surface area (Å²) in [7, 11) is 0. The molecule has 0 bridgehead atoms. The second kappa shape index (κ2) is 4.14. The summed E-state index contributed by atoms with van der Waals surface area (Å²) in [5.74, 6) is 1.41. The van der Waals surface area contributed by atoms with Gasteiger partial charge in [-0.3, -0.25) is 0 Å². The Morgan fingerprint density at radius 2 is 2.19 bits per heavy atom. The number of aliphatic hydroxyl groups excluding tert-OH is 1. The first-order chi connectivity index (χ1) is 7.53. The van der Waals surface area contributed by atoms with Crippen molar-refractivity contribution in [3.63, 3.8) is 0 Å². The van der Waals surface area contributed by atoms with Crippen LogP contribution in [0.5, 0.6) is 0 Å². The summed E-state index contributed by atoms with van der Waals surface area (Å²) in [5.41, 5.74) is -0.515. The molecule has 0 unspecified atom stereocenters. The smallest absolute Gasteiger partial charge is 0.230 e. The maximum atomic E-state index is 9.22. The maximum absolute atomic E-state index is 9.22. The zero-order valence-corrected chi connectivity index (χ0v) is 9.93. The van der Waals surface area contributed by atoms with E-state index in [1.165, 1.54) is 0 Å². The van der Waals surface area contributed by atoms with Gasteiger partial charge in [-0.1, -0.05) is 5.16 Å². The molecule has 1 aliphatic carbocycles. The topological polar surface area (TPSA) is 68.4 Å². The van der Waals surface area contributed by atoms with E-state index in [-0.39, 0.29) is 12.0 Å². The summed E-state index contributed by atoms with van der Waals surface area (Å²) in [6, 6.07) is 0. The molecule has 0 spiro atoms. The van der Waals surface area contributed by atoms with Gasteiger partial charge in [0.1, 0.15) is 5.60 Å². The fourth-order valence-electron chi connectivity index (χ4n) is 1.86. The summed E-state index contributed by atoms with van der Waals surface area (Å²) in [6.45, 7) is 6.38. The van der Waals surface area contributed by atoms with E-state index in [2.05, 4.69) is 10.1 Å². The Bertz CT molecular complexity index is 356. The molecule has 0 amide bonds. The van der Waals surface area contributed by atoms with Gasteiger partial charge in [0.15, 0.2) is 0 Å². The monoisotopic (exact) mass is 226 g/mol. The number of rotatable bonds is 4. The number of aliphatic hydroxyl groups is 1. The minimum absolute atomic E-state index is 0.208. The van der Waals surface area contributed by atoms with E-state index in [0.717, 1.165) is 12.8 Å². The predicted octanol–water partition coefficient (Wildman–Crippen LogP) is 1.58. The van der Waals surface area contributed by atoms with Crippen molar-refractivity contribution in [1.82, 2.24) is 10.1 Å². The fraction of sp³-hybridized carbons (Fsp3) is 0.818. The molecule has 1 aromatic rings. The van der Waals surface area contributed by atoms with Crippen molar-refractivity contribution in [2.75, 3.05) is 6.61 Å². The molecule has 90 valence electrons. The molecule has 1 fully saturated rings. The van der Waals surface area contributed by atoms with Gasteiger partial charge in [-0.2, -0.15) is 4.98 Å². The van der Waals surface area contributed by atoms with Gasteiger partial charge in [0, 0.05) is 12.5 Å². The summed E-state index contributed by atoms with van der Waals surface area (Å²) < 4.78 is 10.7. The summed E-state index contributed by atoms with van der Waals surface area (Å²) in [6.07, 6.45) is 1.23. The molecule has 0 aromatic carbocycles. The van der Waals surface area contributed by atoms with E-state index < -0.39 is 5.60 Å². The van der Waals surface area contributed by atoms with Gasteiger partial charge in [-0.05, 0) is 33.6 Å². The Morgan fingerprint density at radius 3 is 2.75 bits per heavy atom. The lowest BCUT2D eigenvalue weighted by molar-refractivity contribution is -0.0221. The average molecular weight is 226 g/mol. The third kappa shape index (κ3) is 2.10. The minimum atomic E-state index is -0.515. The van der Waals surface area contributed by atoms with Crippen LogP contribution < -0.4 is 0 Å². The normalized spacial score (nSPS) is 25.5. The van der Waals surface area contributed by atoms with Gasteiger partial charge in [0.25, 0.3) is 0 Å². The molecule has 16 heavy (non-hydrogen) atoms. The van der Waals surface area contributed by atoms with Crippen molar-refractivity contribution >= 4 is 0 Å². The Labute approximate surface area is 94.8 Å². The number of nitrogens with zero attached hydrogens (tertiary/aromatic N) is 2. The lowest BCUT2D eigenvalue weighted by Crippen LogP contribution is -2.27. The first kappa shape index (κ1) is 11.5. The van der Waals surface area contributed by atoms with Gasteiger partial charge in [-0.15, -0.1) is 0 Å². The molecule has 1 saturated carbocycles. The standard InChI is InChI=1S/C11H18N2O3/c1-4-15-11(2,3)10-12-9(16-13-10)7-5-8(14)6-7/h7-8,14H,4-6H2,1-3H3. The quantitative estimate of drug-likeness (QED) is 0.844. The van der Waals surface area contributed by atoms with Crippen molar-refractivity contribution in [1.29, 1.82) is 0 Å². The molecule has 0 atom stereocenters. The summed E-state index contributed by atoms with van der Waals surface area (Å²) in [5, 5.41) is 13.2. The van der Waals surface area contributed by atoms with Crippen molar-refractivity contribution in [2.45, 2.75) is 51.2 Å². The van der Waals surface area contributed by atoms with Crippen LogP contribution in [0.4, 0.5) is 0 Å². The van der Waals surface area contributed by atoms with Crippen molar-refractivity contribution in [3.8, 4) is 0 Å². The molecule has 0 aliphatic heterocycles. The van der Waals surface area contributed by atoms with Crippen LogP contribution >= 0.6 is 0 Å². The third-order valence-corrected chi connectivity index (χ3v) is 2.95. The molecule has 1 heterocycles. The second-order valence-electron chi connectivity index (χ2n) is 4.72. The van der Waals surface area contributed by atoms with E-state index in [1.807, 2.05) is 20.8 Å². The van der Waals surface area contributed by atoms with Gasteiger partial charge >= 0.3 is 0 Å². The van der Waals surface area contributed by atoms with Gasteiger partial charge in [0.2, 0.25) is 11.7 Å². The van der Waals surface area contributed by atoms with Crippen LogP contribution in [-0.2, 0) is 10.3 Å². The van der Waals surface area contributed by atoms with E-state index >= 15 is 0 Å². The van der Waals surface area contributed by atoms with Gasteiger partial charge in [0.05, 0.1) is 6.10 Å². The highest BCUT2D eigenvalue weighted by atomic mass is 16.5. The molecule has 1 N–H and O–H groups in total. The molecule has 0 radical (unpaired) electrons. The second-order valence-corrected chi connectivity index (χ2v) is 4.72. The lowest BCUT2D eigenvalue weighted by atomic mass is 9.82. The molecule has 5 nitrogen and oxygen atoms in total. The minimum Gasteiger partial charge on any atom is -0.393 e. The molecular weight excluding hydrogens is 208 g/mol. The first-order valence-corrected chi connectivity index (χ1v) is 5.69. The molecular formula is C11H18N2O3. The molecule has 2 rings (SSSR count). The average Bonchev–Trinajstić information content (AvgIpc) is 2.62. The van der Waals surface area contributed by atoms with Crippen LogP contribution in [0, 0.1) is 0 Å². The van der Waals surface area contributed by atoms with Crippen molar-refractivity contribution < 1.29 is 14.4 Å². The zero-order chi connectivity index (χ0) is 11.8. The van der Waals surface area contributed by atoms with Crippen molar-refractivity contribution in [3.05, 3.63) is 11.7 Å². The van der Waals surface area contributed by atoms with Gasteiger partial charge in [-0.25, -0.2) is 0 Å². The SMILES string of the molecule is CCOC(C)(C)c1noc(C2CC(O)C2)n1. The Kier molecular flexibility index (Phi) is 2.99. The van der Waals surface area contributed by atoms with E-state index in [9.17, 15) is 5.11 Å². The van der Waals surface area contributed by atoms with Crippen LogP contribution in [0.3, 0.4) is 0 Å². The van der Waals surface area contributed by atoms with Crippen LogP contribution in [0.2, 0.25) is 0 Å². The maximum Gasteiger partial charge on any atom is 0.230 e. The number of hydrogen-bond acceptors (Lipinski definition) is 5. The largest absolute Gasteiger partial charge is 0.393 e. The Balaban J connectivity index is 2.07. The molecule has 1 aromatic heterocycles. The third-order valence-electron chi connectivity index (χ3n) is 2.95. The summed E-state index contributed by atoms with van der Waals surface area (Å²) >= 11 is 0. The fourth-order valence-corrected chi connectivity index (χ4v) is 1.86. The van der Waals surface area contributed by atoms with E-state index in [1.54, 1.807) is 0 Å². The molecule has 0 saturated heterocycles. The summed E-state index contributed by atoms with van der Waals surface area (Å²) in [4.78, 5) is 4.34. The highest BCUT2D eigenvalue weighted by Crippen LogP contribution is 2.36. The van der Waals surface area contributed by atoms with Crippen LogP contribution in [0.15, 0.2) is 4.52 Å². The highest BCUT2D eigenvalue weighted by Gasteiger charge is 2.35.